The van der Waals surface area contributed by atoms with Gasteiger partial charge in [-0.1, -0.05) is 37.6 Å². The first-order chi connectivity index (χ1) is 14.8. The van der Waals surface area contributed by atoms with Crippen LogP contribution in [0.15, 0.2) is 42.6 Å². The minimum Gasteiger partial charge on any atom is -0.388 e. The first kappa shape index (κ1) is 21.7. The highest BCUT2D eigenvalue weighted by Crippen LogP contribution is 2.46. The summed E-state index contributed by atoms with van der Waals surface area (Å²) >= 11 is 6.29. The Hall–Kier alpha value is -2.57. The Balaban J connectivity index is 1.43. The number of hydrogen-bond acceptors (Lipinski definition) is 3. The van der Waals surface area contributed by atoms with Crippen molar-refractivity contribution in [3.05, 3.63) is 58.7 Å². The molecule has 0 bridgehead atoms. The maximum atomic E-state index is 12.7. The number of aryl methyl sites for hydroxylation is 1. The molecule has 1 unspecified atom stereocenters. The number of hydrogen-bond donors (Lipinski definition) is 3. The summed E-state index contributed by atoms with van der Waals surface area (Å²) in [7, 11) is 0. The molecule has 1 fully saturated rings. The fourth-order valence-corrected chi connectivity index (χ4v) is 4.87. The fraction of sp³-hybridized carbons (Fsp3) is 0.417. The lowest BCUT2D eigenvalue weighted by Gasteiger charge is -2.43. The van der Waals surface area contributed by atoms with Gasteiger partial charge in [-0.15, -0.1) is 0 Å². The zero-order valence-electron chi connectivity index (χ0n) is 18.2. The Morgan fingerprint density at radius 3 is 2.74 bits per heavy atom. The molecular weight excluding hydrogens is 412 g/mol. The molecule has 2 heterocycles. The molecule has 3 N–H and O–H groups in total. The molecule has 2 amide bonds. The summed E-state index contributed by atoms with van der Waals surface area (Å²) in [6.45, 7) is 7.51. The minimum absolute atomic E-state index is 0.0728. The van der Waals surface area contributed by atoms with Gasteiger partial charge < -0.3 is 15.3 Å². The van der Waals surface area contributed by atoms with Crippen LogP contribution in [-0.2, 0) is 0 Å². The van der Waals surface area contributed by atoms with Crippen LogP contribution in [0.4, 0.5) is 10.5 Å². The second-order valence-electron chi connectivity index (χ2n) is 9.11. The number of amides is 2. The van der Waals surface area contributed by atoms with Crippen LogP contribution in [0.5, 0.6) is 0 Å². The van der Waals surface area contributed by atoms with Gasteiger partial charge in [0.2, 0.25) is 0 Å². The van der Waals surface area contributed by atoms with E-state index in [1.54, 1.807) is 6.20 Å². The van der Waals surface area contributed by atoms with Crippen LogP contribution in [0.2, 0.25) is 5.02 Å². The molecule has 7 heteroatoms. The van der Waals surface area contributed by atoms with Crippen molar-refractivity contribution in [1.29, 1.82) is 0 Å². The Morgan fingerprint density at radius 2 is 2.03 bits per heavy atom. The maximum absolute atomic E-state index is 12.7. The van der Waals surface area contributed by atoms with Crippen LogP contribution >= 0.6 is 11.6 Å². The van der Waals surface area contributed by atoms with Gasteiger partial charge in [0.25, 0.3) is 0 Å². The van der Waals surface area contributed by atoms with Gasteiger partial charge in [-0.2, -0.15) is 5.10 Å². The minimum atomic E-state index is -0.702. The molecule has 0 spiro atoms. The number of H-pyrrole nitrogens is 1. The molecule has 2 aromatic carbocycles. The number of nitrogens with one attached hydrogen (secondary N) is 2. The summed E-state index contributed by atoms with van der Waals surface area (Å²) in [6, 6.07) is 11.4. The fourth-order valence-electron chi connectivity index (χ4n) is 4.64. The monoisotopic (exact) mass is 440 g/mol. The second kappa shape index (κ2) is 8.52. The molecule has 1 atom stereocenters. The highest BCUT2D eigenvalue weighted by molar-refractivity contribution is 6.31. The van der Waals surface area contributed by atoms with E-state index in [-0.39, 0.29) is 17.4 Å². The molecule has 3 aromatic rings. The third-order valence-corrected chi connectivity index (χ3v) is 6.87. The van der Waals surface area contributed by atoms with E-state index in [9.17, 15) is 9.90 Å². The van der Waals surface area contributed by atoms with Crippen molar-refractivity contribution in [3.8, 4) is 0 Å². The molecule has 31 heavy (non-hydrogen) atoms. The lowest BCUT2D eigenvalue weighted by atomic mass is 9.68. The third-order valence-electron chi connectivity index (χ3n) is 6.65. The number of aliphatic hydroxyl groups is 1. The summed E-state index contributed by atoms with van der Waals surface area (Å²) in [5.41, 5.74) is 3.12. The topological polar surface area (TPSA) is 81.2 Å². The van der Waals surface area contributed by atoms with Crippen molar-refractivity contribution in [2.24, 2.45) is 11.3 Å². The van der Waals surface area contributed by atoms with Crippen LogP contribution in [0.3, 0.4) is 0 Å². The average molecular weight is 441 g/mol. The maximum Gasteiger partial charge on any atom is 0.321 e. The van der Waals surface area contributed by atoms with Gasteiger partial charge in [0.05, 0.1) is 17.8 Å². The quantitative estimate of drug-likeness (QED) is 0.499. The summed E-state index contributed by atoms with van der Waals surface area (Å²) in [6.07, 6.45) is 2.68. The highest BCUT2D eigenvalue weighted by Gasteiger charge is 2.40. The van der Waals surface area contributed by atoms with E-state index >= 15 is 0 Å². The SMILES string of the molecule is Cc1cccc(NC(=O)N2CCC(C(C)(C)C(O)c3cc(Cl)cc4cn[nH]c34)CC2)c1. The number of aromatic nitrogens is 2. The molecular formula is C24H29ClN4O2. The van der Waals surface area contributed by atoms with Crippen LogP contribution in [0, 0.1) is 18.3 Å². The number of nitrogens with zero attached hydrogens (tertiary/aromatic N) is 2. The van der Waals surface area contributed by atoms with Crippen molar-refractivity contribution in [2.75, 3.05) is 18.4 Å². The average Bonchev–Trinajstić information content (AvgIpc) is 3.21. The van der Waals surface area contributed by atoms with Gasteiger partial charge >= 0.3 is 6.03 Å². The zero-order valence-corrected chi connectivity index (χ0v) is 18.9. The molecule has 164 valence electrons. The Morgan fingerprint density at radius 1 is 1.29 bits per heavy atom. The van der Waals surface area contributed by atoms with Gasteiger partial charge in [0.15, 0.2) is 0 Å². The molecule has 4 rings (SSSR count). The zero-order chi connectivity index (χ0) is 22.2. The van der Waals surface area contributed by atoms with E-state index in [2.05, 4.69) is 29.4 Å². The number of urea groups is 1. The number of fused-ring (bicyclic) bond motifs is 1. The largest absolute Gasteiger partial charge is 0.388 e. The number of piperidine rings is 1. The van der Waals surface area contributed by atoms with Crippen LogP contribution < -0.4 is 5.32 Å². The van der Waals surface area contributed by atoms with Crippen molar-refractivity contribution in [3.63, 3.8) is 0 Å². The van der Waals surface area contributed by atoms with Crippen LogP contribution in [0.25, 0.3) is 10.9 Å². The van der Waals surface area contributed by atoms with Gasteiger partial charge in [-0.25, -0.2) is 4.79 Å². The van der Waals surface area contributed by atoms with Crippen LogP contribution in [-0.4, -0.2) is 39.3 Å². The lowest BCUT2D eigenvalue weighted by molar-refractivity contribution is -0.0138. The van der Waals surface area contributed by atoms with E-state index in [0.29, 0.717) is 18.1 Å². The van der Waals surface area contributed by atoms with Gasteiger partial charge in [-0.3, -0.25) is 5.10 Å². The number of carbonyl (C=O) groups is 1. The van der Waals surface area contributed by atoms with Gasteiger partial charge in [-0.05, 0) is 60.9 Å². The summed E-state index contributed by atoms with van der Waals surface area (Å²) < 4.78 is 0. The third kappa shape index (κ3) is 4.41. The van der Waals surface area contributed by atoms with Crippen LogP contribution in [0.1, 0.15) is 43.9 Å². The Labute approximate surface area is 187 Å². The predicted octanol–water partition coefficient (Wildman–Crippen LogP) is 5.53. The number of aliphatic hydroxyl groups excluding tert-OH is 1. The molecule has 0 saturated carbocycles. The number of halogens is 1. The number of anilines is 1. The number of aromatic amines is 1. The number of carbonyl (C=O) groups excluding carboxylic acids is 1. The first-order valence-electron chi connectivity index (χ1n) is 10.7. The smallest absolute Gasteiger partial charge is 0.321 e. The first-order valence-corrected chi connectivity index (χ1v) is 11.1. The molecule has 0 radical (unpaired) electrons. The predicted molar refractivity (Wildman–Crippen MR) is 124 cm³/mol. The number of likely N-dealkylation sites (tertiary alicyclic amines) is 1. The summed E-state index contributed by atoms with van der Waals surface area (Å²) in [5, 5.41) is 22.9. The molecule has 1 aliphatic heterocycles. The Kier molecular flexibility index (Phi) is 5.95. The van der Waals surface area contributed by atoms with E-state index in [1.165, 1.54) is 0 Å². The van der Waals surface area contributed by atoms with E-state index in [4.69, 9.17) is 11.6 Å². The molecule has 1 aliphatic rings. The summed E-state index contributed by atoms with van der Waals surface area (Å²) in [5.74, 6) is 0.266. The number of rotatable bonds is 4. The second-order valence-corrected chi connectivity index (χ2v) is 9.55. The molecule has 6 nitrogen and oxygen atoms in total. The Bertz CT molecular complexity index is 1090. The standard InChI is InChI=1S/C24H29ClN4O2/c1-15-5-4-6-19(11-15)27-23(31)29-9-7-17(8-10-29)24(2,3)22(30)20-13-18(25)12-16-14-26-28-21(16)20/h4-6,11-14,17,22,30H,7-10H2,1-3H3,(H,26,28)(H,27,31). The van der Waals surface area contributed by atoms with Crippen molar-refractivity contribution in [1.82, 2.24) is 15.1 Å². The number of benzene rings is 2. The van der Waals surface area contributed by atoms with Crippen molar-refractivity contribution in [2.45, 2.75) is 39.7 Å². The van der Waals surface area contributed by atoms with Gasteiger partial charge in [0.1, 0.15) is 0 Å². The molecule has 1 saturated heterocycles. The van der Waals surface area contributed by atoms with Gasteiger partial charge in [0, 0.05) is 34.7 Å². The van der Waals surface area contributed by atoms with Crippen molar-refractivity contribution < 1.29 is 9.90 Å². The van der Waals surface area contributed by atoms with E-state index < -0.39 is 6.10 Å². The van der Waals surface area contributed by atoms with E-state index in [1.807, 2.05) is 48.2 Å². The highest BCUT2D eigenvalue weighted by atomic mass is 35.5. The molecule has 1 aromatic heterocycles. The molecule has 0 aliphatic carbocycles. The van der Waals surface area contributed by atoms with Crippen molar-refractivity contribution >= 4 is 34.2 Å². The lowest BCUT2D eigenvalue weighted by Crippen LogP contribution is -2.45. The summed E-state index contributed by atoms with van der Waals surface area (Å²) in [4.78, 5) is 14.5. The normalized spacial score (nSPS) is 16.5. The van der Waals surface area contributed by atoms with E-state index in [0.717, 1.165) is 40.6 Å².